The first-order valence-corrected chi connectivity index (χ1v) is 10.5. The summed E-state index contributed by atoms with van der Waals surface area (Å²) in [6.45, 7) is 5.19. The highest BCUT2D eigenvalue weighted by molar-refractivity contribution is 7.15. The number of anilines is 2. The predicted molar refractivity (Wildman–Crippen MR) is 117 cm³/mol. The lowest BCUT2D eigenvalue weighted by molar-refractivity contribution is -0.145. The van der Waals surface area contributed by atoms with E-state index in [0.717, 1.165) is 28.3 Å². The van der Waals surface area contributed by atoms with Crippen molar-refractivity contribution in [1.82, 2.24) is 20.0 Å². The summed E-state index contributed by atoms with van der Waals surface area (Å²) < 4.78 is 38.8. The van der Waals surface area contributed by atoms with Crippen LogP contribution in [0.4, 0.5) is 24.8 Å². The standard InChI is InChI=1S/C21H21F3N6O2S/c1-12-6-13(8-14(7-12)28-19-26-5-4-16(29-19)21(22,23)24)15-10-27-17(33-15)9-20(2,3)18(32)30(25)11-31/h4-8,10-11H,9,25H2,1-3H3,(H,26,28,29). The Labute approximate surface area is 191 Å². The molecule has 3 rings (SSSR count). The van der Waals surface area contributed by atoms with Gasteiger partial charge in [0.2, 0.25) is 18.3 Å². The number of alkyl halides is 3. The number of carbonyl (C=O) groups excluding carboxylic acids is 2. The third kappa shape index (κ3) is 5.90. The van der Waals surface area contributed by atoms with Crippen LogP contribution in [-0.2, 0) is 22.2 Å². The molecule has 0 aliphatic carbocycles. The number of nitrogens with two attached hydrogens (primary N) is 1. The van der Waals surface area contributed by atoms with E-state index in [1.807, 2.05) is 13.0 Å². The lowest BCUT2D eigenvalue weighted by Crippen LogP contribution is -2.45. The number of rotatable bonds is 7. The molecule has 0 radical (unpaired) electrons. The van der Waals surface area contributed by atoms with Gasteiger partial charge < -0.3 is 5.32 Å². The number of carbonyl (C=O) groups is 2. The fourth-order valence-electron chi connectivity index (χ4n) is 3.08. The number of hydrogen-bond donors (Lipinski definition) is 2. The number of hydrazine groups is 1. The molecule has 0 aliphatic rings. The number of halogens is 3. The van der Waals surface area contributed by atoms with Gasteiger partial charge in [0.05, 0.1) is 15.3 Å². The molecule has 0 bridgehead atoms. The fourth-order valence-corrected chi connectivity index (χ4v) is 4.21. The average molecular weight is 479 g/mol. The normalized spacial score (nSPS) is 11.8. The van der Waals surface area contributed by atoms with E-state index in [2.05, 4.69) is 20.3 Å². The summed E-state index contributed by atoms with van der Waals surface area (Å²) in [5, 5.41) is 3.99. The Morgan fingerprint density at radius 1 is 1.24 bits per heavy atom. The number of imide groups is 1. The Hall–Kier alpha value is -3.38. The Morgan fingerprint density at radius 2 is 1.97 bits per heavy atom. The third-order valence-electron chi connectivity index (χ3n) is 4.64. The van der Waals surface area contributed by atoms with Gasteiger partial charge in [-0.1, -0.05) is 19.9 Å². The number of nitrogens with zero attached hydrogens (tertiary/aromatic N) is 4. The van der Waals surface area contributed by atoms with Gasteiger partial charge in [-0.2, -0.15) is 13.2 Å². The Morgan fingerprint density at radius 3 is 2.64 bits per heavy atom. The van der Waals surface area contributed by atoms with E-state index in [0.29, 0.717) is 15.7 Å². The van der Waals surface area contributed by atoms with Gasteiger partial charge in [-0.25, -0.2) is 25.8 Å². The predicted octanol–water partition coefficient (Wildman–Crippen LogP) is 4.10. The number of hydrogen-bond acceptors (Lipinski definition) is 8. The minimum Gasteiger partial charge on any atom is -0.324 e. The van der Waals surface area contributed by atoms with Crippen molar-refractivity contribution in [3.8, 4) is 10.4 Å². The maximum Gasteiger partial charge on any atom is 0.433 e. The monoisotopic (exact) mass is 478 g/mol. The van der Waals surface area contributed by atoms with Crippen molar-refractivity contribution in [3.63, 3.8) is 0 Å². The zero-order valence-corrected chi connectivity index (χ0v) is 18.8. The van der Waals surface area contributed by atoms with E-state index in [1.54, 1.807) is 32.2 Å². The summed E-state index contributed by atoms with van der Waals surface area (Å²) in [6, 6.07) is 6.21. The molecule has 1 aromatic carbocycles. The molecule has 3 aromatic rings. The molecular weight excluding hydrogens is 457 g/mol. The van der Waals surface area contributed by atoms with E-state index in [-0.39, 0.29) is 18.8 Å². The van der Waals surface area contributed by atoms with Gasteiger partial charge in [0.1, 0.15) is 5.69 Å². The lowest BCUT2D eigenvalue weighted by Gasteiger charge is -2.24. The van der Waals surface area contributed by atoms with Gasteiger partial charge in [0.15, 0.2) is 0 Å². The largest absolute Gasteiger partial charge is 0.433 e. The highest BCUT2D eigenvalue weighted by Crippen LogP contribution is 2.33. The van der Waals surface area contributed by atoms with Gasteiger partial charge in [-0.15, -0.1) is 11.3 Å². The van der Waals surface area contributed by atoms with Crippen molar-refractivity contribution in [2.45, 2.75) is 33.4 Å². The molecular formula is C21H21F3N6O2S. The molecule has 0 unspecified atom stereocenters. The van der Waals surface area contributed by atoms with Crippen LogP contribution in [0.5, 0.6) is 0 Å². The maximum atomic E-state index is 12.9. The summed E-state index contributed by atoms with van der Waals surface area (Å²) in [6.07, 6.45) is -1.35. The lowest BCUT2D eigenvalue weighted by atomic mass is 9.88. The smallest absolute Gasteiger partial charge is 0.324 e. The summed E-state index contributed by atoms with van der Waals surface area (Å²) in [4.78, 5) is 35.6. The Balaban J connectivity index is 1.83. The van der Waals surface area contributed by atoms with Crippen molar-refractivity contribution >= 4 is 35.3 Å². The molecule has 12 heteroatoms. The minimum absolute atomic E-state index is 0.173. The van der Waals surface area contributed by atoms with Crippen LogP contribution in [0.3, 0.4) is 0 Å². The van der Waals surface area contributed by atoms with Crippen LogP contribution < -0.4 is 11.2 Å². The van der Waals surface area contributed by atoms with Crippen LogP contribution in [0.15, 0.2) is 36.7 Å². The van der Waals surface area contributed by atoms with Crippen molar-refractivity contribution in [2.24, 2.45) is 11.3 Å². The second-order valence-corrected chi connectivity index (χ2v) is 9.09. The number of benzene rings is 1. The average Bonchev–Trinajstić information content (AvgIpc) is 3.19. The summed E-state index contributed by atoms with van der Waals surface area (Å²) in [5.74, 6) is 4.70. The maximum absolute atomic E-state index is 12.9. The van der Waals surface area contributed by atoms with E-state index >= 15 is 0 Å². The van der Waals surface area contributed by atoms with Gasteiger partial charge in [0.25, 0.3) is 0 Å². The molecule has 0 fully saturated rings. The van der Waals surface area contributed by atoms with Crippen LogP contribution in [0.2, 0.25) is 0 Å². The molecule has 0 spiro atoms. The molecule has 0 atom stereocenters. The van der Waals surface area contributed by atoms with Crippen LogP contribution in [0, 0.1) is 12.3 Å². The number of aromatic nitrogens is 3. The van der Waals surface area contributed by atoms with Gasteiger partial charge in [-0.05, 0) is 36.2 Å². The summed E-state index contributed by atoms with van der Waals surface area (Å²) in [7, 11) is 0. The summed E-state index contributed by atoms with van der Waals surface area (Å²) in [5.41, 5.74) is 0.176. The van der Waals surface area contributed by atoms with Crippen LogP contribution in [0.25, 0.3) is 10.4 Å². The molecule has 3 N–H and O–H groups in total. The van der Waals surface area contributed by atoms with Crippen molar-refractivity contribution < 1.29 is 22.8 Å². The number of amides is 2. The van der Waals surface area contributed by atoms with E-state index < -0.39 is 23.2 Å². The zero-order valence-electron chi connectivity index (χ0n) is 18.0. The van der Waals surface area contributed by atoms with E-state index in [1.165, 1.54) is 11.3 Å². The van der Waals surface area contributed by atoms with E-state index in [9.17, 15) is 22.8 Å². The fraction of sp³-hybridized carbons (Fsp3) is 0.286. The van der Waals surface area contributed by atoms with Crippen LogP contribution >= 0.6 is 11.3 Å². The molecule has 33 heavy (non-hydrogen) atoms. The molecule has 8 nitrogen and oxygen atoms in total. The van der Waals surface area contributed by atoms with Crippen molar-refractivity contribution in [2.75, 3.05) is 5.32 Å². The van der Waals surface area contributed by atoms with E-state index in [4.69, 9.17) is 5.84 Å². The van der Waals surface area contributed by atoms with Crippen molar-refractivity contribution in [1.29, 1.82) is 0 Å². The molecule has 2 heterocycles. The van der Waals surface area contributed by atoms with Gasteiger partial charge in [-0.3, -0.25) is 9.59 Å². The molecule has 0 saturated carbocycles. The van der Waals surface area contributed by atoms with Gasteiger partial charge >= 0.3 is 6.18 Å². The Kier molecular flexibility index (Phi) is 6.79. The zero-order chi connectivity index (χ0) is 24.4. The number of aryl methyl sites for hydroxylation is 1. The second-order valence-electron chi connectivity index (χ2n) is 7.97. The molecule has 0 aliphatic heterocycles. The molecule has 0 saturated heterocycles. The first-order valence-electron chi connectivity index (χ1n) is 9.67. The second kappa shape index (κ2) is 9.24. The minimum atomic E-state index is -4.57. The highest BCUT2D eigenvalue weighted by atomic mass is 32.1. The molecule has 2 aromatic heterocycles. The Bertz CT molecular complexity index is 1180. The number of thiazole rings is 1. The van der Waals surface area contributed by atoms with Gasteiger partial charge in [0, 0.05) is 24.5 Å². The topological polar surface area (TPSA) is 114 Å². The first-order chi connectivity index (χ1) is 15.4. The van der Waals surface area contributed by atoms with Crippen molar-refractivity contribution in [3.05, 3.63) is 52.9 Å². The summed E-state index contributed by atoms with van der Waals surface area (Å²) >= 11 is 1.36. The van der Waals surface area contributed by atoms with Crippen LogP contribution in [-0.4, -0.2) is 32.3 Å². The SMILES string of the molecule is Cc1cc(Nc2nccc(C(F)(F)F)n2)cc(-c2cnc(CC(C)(C)C(=O)N(N)C=O)s2)c1. The first kappa shape index (κ1) is 24.3. The molecule has 2 amide bonds. The highest BCUT2D eigenvalue weighted by Gasteiger charge is 2.33. The third-order valence-corrected chi connectivity index (χ3v) is 5.68. The number of nitrogens with one attached hydrogen (secondary N) is 1. The quantitative estimate of drug-likeness (QED) is 0.227. The molecule has 174 valence electrons. The van der Waals surface area contributed by atoms with Crippen LogP contribution in [0.1, 0.15) is 30.1 Å².